The summed E-state index contributed by atoms with van der Waals surface area (Å²) < 4.78 is 28.5. The summed E-state index contributed by atoms with van der Waals surface area (Å²) in [5.74, 6) is -0.351. The van der Waals surface area contributed by atoms with E-state index in [0.717, 1.165) is 17.7 Å². The van der Waals surface area contributed by atoms with Crippen molar-refractivity contribution in [2.45, 2.75) is 37.1 Å². The summed E-state index contributed by atoms with van der Waals surface area (Å²) in [4.78, 5) is 26.8. The van der Waals surface area contributed by atoms with Crippen LogP contribution < -0.4 is 14.5 Å². The van der Waals surface area contributed by atoms with Gasteiger partial charge in [0.05, 0.1) is 10.6 Å². The van der Waals surface area contributed by atoms with Gasteiger partial charge in [-0.05, 0) is 67.8 Å². The first-order chi connectivity index (χ1) is 16.3. The molecule has 2 heterocycles. The number of sulfonamides is 1. The van der Waals surface area contributed by atoms with E-state index >= 15 is 0 Å². The van der Waals surface area contributed by atoms with Crippen molar-refractivity contribution in [2.24, 2.45) is 0 Å². The summed E-state index contributed by atoms with van der Waals surface area (Å²) in [6.45, 7) is 2.54. The van der Waals surface area contributed by atoms with E-state index in [1.807, 2.05) is 37.3 Å². The highest BCUT2D eigenvalue weighted by molar-refractivity contribution is 7.92. The monoisotopic (exact) mass is 475 g/mol. The molecule has 1 saturated heterocycles. The largest absolute Gasteiger partial charge is 0.322 e. The van der Waals surface area contributed by atoms with E-state index in [1.165, 1.54) is 16.4 Å². The zero-order valence-corrected chi connectivity index (χ0v) is 19.6. The highest BCUT2D eigenvalue weighted by atomic mass is 32.2. The summed E-state index contributed by atoms with van der Waals surface area (Å²) in [5, 5.41) is 2.82. The molecule has 1 atom stereocenters. The van der Waals surface area contributed by atoms with E-state index in [9.17, 15) is 18.0 Å². The van der Waals surface area contributed by atoms with Crippen LogP contribution in [0.1, 0.15) is 35.7 Å². The van der Waals surface area contributed by atoms with Gasteiger partial charge in [0.25, 0.3) is 15.9 Å². The Morgan fingerprint density at radius 1 is 1.00 bits per heavy atom. The smallest absolute Gasteiger partial charge is 0.264 e. The molecule has 0 unspecified atom stereocenters. The molecular weight excluding hydrogens is 450 g/mol. The van der Waals surface area contributed by atoms with Gasteiger partial charge in [0.15, 0.2) is 0 Å². The van der Waals surface area contributed by atoms with Gasteiger partial charge in [-0.3, -0.25) is 13.9 Å². The lowest BCUT2D eigenvalue weighted by atomic mass is 10.1. The molecule has 1 fully saturated rings. The molecule has 3 aromatic rings. The number of nitrogens with one attached hydrogen (secondary N) is 1. The molecule has 1 N–H and O–H groups in total. The first kappa shape index (κ1) is 22.2. The van der Waals surface area contributed by atoms with Gasteiger partial charge in [0.2, 0.25) is 5.91 Å². The fraction of sp³-hybridized carbons (Fsp3) is 0.231. The number of nitrogens with zero attached hydrogens (tertiary/aromatic N) is 2. The maximum atomic E-state index is 13.5. The number of benzene rings is 3. The van der Waals surface area contributed by atoms with Crippen molar-refractivity contribution in [3.8, 4) is 0 Å². The molecule has 2 amide bonds. The van der Waals surface area contributed by atoms with Crippen molar-refractivity contribution in [3.63, 3.8) is 0 Å². The van der Waals surface area contributed by atoms with Gasteiger partial charge in [-0.1, -0.05) is 30.3 Å². The zero-order valence-electron chi connectivity index (χ0n) is 18.8. The number of carbonyl (C=O) groups is 2. The molecule has 3 aromatic carbocycles. The number of carbonyl (C=O) groups excluding carboxylic acids is 2. The number of hydrogen-bond donors (Lipinski definition) is 1. The Morgan fingerprint density at radius 3 is 2.59 bits per heavy atom. The first-order valence-corrected chi connectivity index (χ1v) is 12.7. The number of anilines is 3. The average Bonchev–Trinajstić information content (AvgIpc) is 3.41. The van der Waals surface area contributed by atoms with Crippen LogP contribution in [-0.2, 0) is 21.2 Å². The molecule has 7 nitrogen and oxygen atoms in total. The highest BCUT2D eigenvalue weighted by Crippen LogP contribution is 2.36. The van der Waals surface area contributed by atoms with Crippen molar-refractivity contribution >= 4 is 38.9 Å². The number of rotatable bonds is 5. The molecule has 2 aliphatic heterocycles. The Balaban J connectivity index is 1.39. The minimum Gasteiger partial charge on any atom is -0.322 e. The molecule has 0 radical (unpaired) electrons. The van der Waals surface area contributed by atoms with Crippen LogP contribution in [0.15, 0.2) is 77.7 Å². The number of hydrogen-bond acceptors (Lipinski definition) is 4. The predicted octanol–water partition coefficient (Wildman–Crippen LogP) is 4.21. The van der Waals surface area contributed by atoms with E-state index in [-0.39, 0.29) is 22.4 Å². The van der Waals surface area contributed by atoms with Crippen LogP contribution in [0, 0.1) is 0 Å². The molecule has 34 heavy (non-hydrogen) atoms. The van der Waals surface area contributed by atoms with Gasteiger partial charge in [0, 0.05) is 35.9 Å². The molecule has 174 valence electrons. The van der Waals surface area contributed by atoms with Gasteiger partial charge in [-0.2, -0.15) is 0 Å². The fourth-order valence-electron chi connectivity index (χ4n) is 4.69. The third kappa shape index (κ3) is 3.94. The normalized spacial score (nSPS) is 17.7. The van der Waals surface area contributed by atoms with E-state index in [1.54, 1.807) is 35.2 Å². The molecule has 0 saturated carbocycles. The van der Waals surface area contributed by atoms with E-state index in [0.29, 0.717) is 30.8 Å². The van der Waals surface area contributed by atoms with Crippen LogP contribution in [0.2, 0.25) is 0 Å². The lowest BCUT2D eigenvalue weighted by molar-refractivity contribution is -0.117. The predicted molar refractivity (Wildman–Crippen MR) is 132 cm³/mol. The minimum absolute atomic E-state index is 0.0686. The molecular formula is C26H25N3O4S. The van der Waals surface area contributed by atoms with Crippen LogP contribution in [0.4, 0.5) is 17.1 Å². The van der Waals surface area contributed by atoms with Crippen molar-refractivity contribution in [3.05, 3.63) is 83.9 Å². The first-order valence-electron chi connectivity index (χ1n) is 11.3. The molecule has 0 spiro atoms. The standard InChI is InChI=1S/C26H25N3O4S/c1-18-15-19-7-2-3-12-24(19)29(18)34(32,33)23-11-4-8-20(16-23)26(31)27-21-9-5-10-22(17-21)28-14-6-13-25(28)30/h2-5,7-12,16-18H,6,13-15H2,1H3,(H,27,31)/t18-/m1/s1. The Hall–Kier alpha value is -3.65. The summed E-state index contributed by atoms with van der Waals surface area (Å²) in [7, 11) is -3.84. The van der Waals surface area contributed by atoms with Crippen molar-refractivity contribution in [1.82, 2.24) is 0 Å². The third-order valence-corrected chi connectivity index (χ3v) is 8.21. The fourth-order valence-corrected chi connectivity index (χ4v) is 6.43. The van der Waals surface area contributed by atoms with Crippen molar-refractivity contribution < 1.29 is 18.0 Å². The molecule has 5 rings (SSSR count). The van der Waals surface area contributed by atoms with Crippen molar-refractivity contribution in [2.75, 3.05) is 21.1 Å². The maximum absolute atomic E-state index is 13.5. The van der Waals surface area contributed by atoms with E-state index in [2.05, 4.69) is 5.32 Å². The van der Waals surface area contributed by atoms with Crippen LogP contribution in [0.25, 0.3) is 0 Å². The molecule has 0 aromatic heterocycles. The number of fused-ring (bicyclic) bond motifs is 1. The second kappa shape index (κ2) is 8.61. The van der Waals surface area contributed by atoms with Gasteiger partial charge in [-0.25, -0.2) is 8.42 Å². The summed E-state index contributed by atoms with van der Waals surface area (Å²) in [6.07, 6.45) is 1.99. The lowest BCUT2D eigenvalue weighted by Gasteiger charge is -2.24. The van der Waals surface area contributed by atoms with Gasteiger partial charge in [0.1, 0.15) is 0 Å². The van der Waals surface area contributed by atoms with Crippen LogP contribution >= 0.6 is 0 Å². The molecule has 0 bridgehead atoms. The van der Waals surface area contributed by atoms with Gasteiger partial charge < -0.3 is 10.2 Å². The molecule has 2 aliphatic rings. The molecule has 8 heteroatoms. The second-order valence-corrected chi connectivity index (χ2v) is 10.5. The van der Waals surface area contributed by atoms with E-state index in [4.69, 9.17) is 0 Å². The number of para-hydroxylation sites is 1. The van der Waals surface area contributed by atoms with Gasteiger partial charge in [-0.15, -0.1) is 0 Å². The Kier molecular flexibility index (Phi) is 5.61. The summed E-state index contributed by atoms with van der Waals surface area (Å²) >= 11 is 0. The molecule has 0 aliphatic carbocycles. The maximum Gasteiger partial charge on any atom is 0.264 e. The zero-order chi connectivity index (χ0) is 23.9. The SMILES string of the molecule is C[C@@H]1Cc2ccccc2N1S(=O)(=O)c1cccc(C(=O)Nc2cccc(N3CCCC3=O)c2)c1. The lowest BCUT2D eigenvalue weighted by Crippen LogP contribution is -2.35. The quantitative estimate of drug-likeness (QED) is 0.599. The summed E-state index contributed by atoms with van der Waals surface area (Å²) in [6, 6.07) is 20.5. The Bertz CT molecular complexity index is 1390. The topological polar surface area (TPSA) is 86.8 Å². The van der Waals surface area contributed by atoms with E-state index < -0.39 is 15.9 Å². The van der Waals surface area contributed by atoms with Crippen LogP contribution in [0.5, 0.6) is 0 Å². The minimum atomic E-state index is -3.84. The van der Waals surface area contributed by atoms with Gasteiger partial charge >= 0.3 is 0 Å². The Labute approximate surface area is 199 Å². The number of amides is 2. The third-order valence-electron chi connectivity index (χ3n) is 6.29. The summed E-state index contributed by atoms with van der Waals surface area (Å²) in [5.41, 5.74) is 3.18. The van der Waals surface area contributed by atoms with Crippen LogP contribution in [0.3, 0.4) is 0 Å². The Morgan fingerprint density at radius 2 is 1.79 bits per heavy atom. The average molecular weight is 476 g/mol. The highest BCUT2D eigenvalue weighted by Gasteiger charge is 2.36. The second-order valence-electron chi connectivity index (χ2n) is 8.66. The van der Waals surface area contributed by atoms with Crippen LogP contribution in [-0.4, -0.2) is 32.8 Å². The van der Waals surface area contributed by atoms with Crippen molar-refractivity contribution in [1.29, 1.82) is 0 Å².